The van der Waals surface area contributed by atoms with Gasteiger partial charge in [0.05, 0.1) is 6.10 Å². The summed E-state index contributed by atoms with van der Waals surface area (Å²) in [5, 5.41) is 10.5. The van der Waals surface area contributed by atoms with E-state index in [1.807, 2.05) is 0 Å². The summed E-state index contributed by atoms with van der Waals surface area (Å²) < 4.78 is 14.1. The number of aliphatic hydroxyl groups excluding tert-OH is 1. The first-order valence-electron chi connectivity index (χ1n) is 7.35. The van der Waals surface area contributed by atoms with Crippen LogP contribution in [0, 0.1) is 5.82 Å². The Balaban J connectivity index is 1.81. The number of aryl methyl sites for hydroxylation is 1. The van der Waals surface area contributed by atoms with Crippen molar-refractivity contribution < 1.29 is 9.50 Å². The van der Waals surface area contributed by atoms with Gasteiger partial charge in [0, 0.05) is 4.47 Å². The molecule has 0 heterocycles. The highest BCUT2D eigenvalue weighted by atomic mass is 79.9. The first kappa shape index (κ1) is 14.7. The minimum absolute atomic E-state index is 0.317. The number of aliphatic hydroxyl groups is 1. The van der Waals surface area contributed by atoms with Gasteiger partial charge in [0.15, 0.2) is 0 Å². The number of halogens is 2. The second-order valence-corrected chi connectivity index (χ2v) is 6.66. The van der Waals surface area contributed by atoms with E-state index in [0.717, 1.165) is 19.3 Å². The maximum absolute atomic E-state index is 13.5. The molecule has 0 bridgehead atoms. The molecule has 0 fully saturated rings. The van der Waals surface area contributed by atoms with Gasteiger partial charge in [-0.1, -0.05) is 40.2 Å². The molecule has 0 aliphatic heterocycles. The summed E-state index contributed by atoms with van der Waals surface area (Å²) in [5.41, 5.74) is 3.38. The molecule has 1 aliphatic rings. The number of hydrogen-bond acceptors (Lipinski definition) is 1. The van der Waals surface area contributed by atoms with Crippen LogP contribution in [0.5, 0.6) is 0 Å². The summed E-state index contributed by atoms with van der Waals surface area (Å²) in [4.78, 5) is 0. The fraction of sp³-hybridized carbons (Fsp3) is 0.333. The quantitative estimate of drug-likeness (QED) is 0.814. The van der Waals surface area contributed by atoms with Gasteiger partial charge in [0.25, 0.3) is 0 Å². The number of fused-ring (bicyclic) bond motifs is 1. The van der Waals surface area contributed by atoms with Gasteiger partial charge in [-0.05, 0) is 66.5 Å². The van der Waals surface area contributed by atoms with Gasteiger partial charge in [0.1, 0.15) is 5.82 Å². The molecule has 2 atom stereocenters. The van der Waals surface area contributed by atoms with E-state index in [2.05, 4.69) is 40.2 Å². The summed E-state index contributed by atoms with van der Waals surface area (Å²) in [6.07, 6.45) is 3.38. The van der Waals surface area contributed by atoms with Crippen molar-refractivity contribution in [3.8, 4) is 0 Å². The number of hydrogen-bond donors (Lipinski definition) is 1. The van der Waals surface area contributed by atoms with E-state index in [0.29, 0.717) is 22.4 Å². The van der Waals surface area contributed by atoms with Crippen LogP contribution in [0.4, 0.5) is 4.39 Å². The van der Waals surface area contributed by atoms with E-state index < -0.39 is 6.10 Å². The van der Waals surface area contributed by atoms with E-state index in [9.17, 15) is 9.50 Å². The summed E-state index contributed by atoms with van der Waals surface area (Å²) in [5.74, 6) is 0.0365. The Kier molecular flexibility index (Phi) is 4.41. The Morgan fingerprint density at radius 2 is 2.05 bits per heavy atom. The third-order valence-corrected chi connectivity index (χ3v) is 4.73. The van der Waals surface area contributed by atoms with Crippen molar-refractivity contribution in [2.75, 3.05) is 0 Å². The van der Waals surface area contributed by atoms with Gasteiger partial charge in [-0.15, -0.1) is 0 Å². The van der Waals surface area contributed by atoms with Crippen molar-refractivity contribution in [3.05, 3.63) is 69.4 Å². The lowest BCUT2D eigenvalue weighted by Crippen LogP contribution is -2.13. The molecule has 0 saturated heterocycles. The van der Waals surface area contributed by atoms with Crippen molar-refractivity contribution in [2.45, 2.75) is 37.7 Å². The summed E-state index contributed by atoms with van der Waals surface area (Å²) >= 11 is 3.28. The molecule has 3 rings (SSSR count). The fourth-order valence-electron chi connectivity index (χ4n) is 3.27. The molecular formula is C18H18BrFO. The minimum atomic E-state index is -0.631. The molecule has 1 aliphatic carbocycles. The van der Waals surface area contributed by atoms with Gasteiger partial charge in [-0.3, -0.25) is 0 Å². The van der Waals surface area contributed by atoms with Crippen LogP contribution in [0.1, 0.15) is 48.0 Å². The highest BCUT2D eigenvalue weighted by Gasteiger charge is 2.23. The van der Waals surface area contributed by atoms with Crippen molar-refractivity contribution in [1.29, 1.82) is 0 Å². The van der Waals surface area contributed by atoms with Crippen molar-refractivity contribution in [2.24, 2.45) is 0 Å². The molecule has 110 valence electrons. The van der Waals surface area contributed by atoms with Crippen LogP contribution < -0.4 is 0 Å². The van der Waals surface area contributed by atoms with Crippen molar-refractivity contribution in [3.63, 3.8) is 0 Å². The van der Waals surface area contributed by atoms with Gasteiger partial charge in [0.2, 0.25) is 0 Å². The first-order chi connectivity index (χ1) is 10.1. The SMILES string of the molecule is OC(CC1CCCc2ccccc21)c1cc(F)cc(Br)c1. The topological polar surface area (TPSA) is 20.2 Å². The molecule has 21 heavy (non-hydrogen) atoms. The third kappa shape index (κ3) is 3.35. The van der Waals surface area contributed by atoms with Crippen LogP contribution in [0.2, 0.25) is 0 Å². The van der Waals surface area contributed by atoms with Crippen LogP contribution in [-0.4, -0.2) is 5.11 Å². The zero-order valence-corrected chi connectivity index (χ0v) is 13.3. The molecule has 0 amide bonds. The van der Waals surface area contributed by atoms with Crippen LogP contribution in [-0.2, 0) is 6.42 Å². The highest BCUT2D eigenvalue weighted by Crippen LogP contribution is 2.38. The predicted octanol–water partition coefficient (Wildman–Crippen LogP) is 5.13. The zero-order chi connectivity index (χ0) is 14.8. The van der Waals surface area contributed by atoms with Crippen molar-refractivity contribution in [1.82, 2.24) is 0 Å². The maximum atomic E-state index is 13.5. The van der Waals surface area contributed by atoms with Crippen LogP contribution in [0.25, 0.3) is 0 Å². The van der Waals surface area contributed by atoms with E-state index >= 15 is 0 Å². The second kappa shape index (κ2) is 6.29. The lowest BCUT2D eigenvalue weighted by Gasteiger charge is -2.27. The number of benzene rings is 2. The smallest absolute Gasteiger partial charge is 0.124 e. The molecule has 1 nitrogen and oxygen atoms in total. The lowest BCUT2D eigenvalue weighted by molar-refractivity contribution is 0.153. The van der Waals surface area contributed by atoms with E-state index in [1.165, 1.54) is 23.3 Å². The molecular weight excluding hydrogens is 331 g/mol. The Bertz CT molecular complexity index is 621. The summed E-state index contributed by atoms with van der Waals surface area (Å²) in [7, 11) is 0. The summed E-state index contributed by atoms with van der Waals surface area (Å²) in [6.45, 7) is 0. The molecule has 2 aromatic rings. The molecule has 0 spiro atoms. The largest absolute Gasteiger partial charge is 0.388 e. The van der Waals surface area contributed by atoms with E-state index in [1.54, 1.807) is 6.07 Å². The average molecular weight is 349 g/mol. The monoisotopic (exact) mass is 348 g/mol. The summed E-state index contributed by atoms with van der Waals surface area (Å²) in [6, 6.07) is 13.1. The lowest BCUT2D eigenvalue weighted by atomic mass is 9.79. The number of rotatable bonds is 3. The molecule has 0 radical (unpaired) electrons. The highest BCUT2D eigenvalue weighted by molar-refractivity contribution is 9.10. The first-order valence-corrected chi connectivity index (χ1v) is 8.14. The second-order valence-electron chi connectivity index (χ2n) is 5.74. The Morgan fingerprint density at radius 3 is 2.86 bits per heavy atom. The predicted molar refractivity (Wildman–Crippen MR) is 85.8 cm³/mol. The van der Waals surface area contributed by atoms with Crippen molar-refractivity contribution >= 4 is 15.9 Å². The van der Waals surface area contributed by atoms with E-state index in [4.69, 9.17) is 0 Å². The maximum Gasteiger partial charge on any atom is 0.124 e. The van der Waals surface area contributed by atoms with Crippen LogP contribution >= 0.6 is 15.9 Å². The fourth-order valence-corrected chi connectivity index (χ4v) is 3.76. The van der Waals surface area contributed by atoms with Gasteiger partial charge >= 0.3 is 0 Å². The molecule has 2 aromatic carbocycles. The normalized spacial score (nSPS) is 19.1. The molecule has 2 unspecified atom stereocenters. The third-order valence-electron chi connectivity index (χ3n) is 4.27. The van der Waals surface area contributed by atoms with Crippen LogP contribution in [0.15, 0.2) is 46.9 Å². The minimum Gasteiger partial charge on any atom is -0.388 e. The van der Waals surface area contributed by atoms with Crippen LogP contribution in [0.3, 0.4) is 0 Å². The Labute approximate surface area is 132 Å². The van der Waals surface area contributed by atoms with Gasteiger partial charge < -0.3 is 5.11 Å². The van der Waals surface area contributed by atoms with E-state index in [-0.39, 0.29) is 5.82 Å². The van der Waals surface area contributed by atoms with Gasteiger partial charge in [-0.2, -0.15) is 0 Å². The van der Waals surface area contributed by atoms with Gasteiger partial charge in [-0.25, -0.2) is 4.39 Å². The Morgan fingerprint density at radius 1 is 1.24 bits per heavy atom. The molecule has 0 aromatic heterocycles. The Hall–Kier alpha value is -1.19. The molecule has 0 saturated carbocycles. The standard InChI is InChI=1S/C18H18BrFO/c19-15-8-14(9-16(20)11-15)18(21)10-13-6-3-5-12-4-1-2-7-17(12)13/h1-2,4,7-9,11,13,18,21H,3,5-6,10H2. The molecule has 3 heteroatoms. The molecule has 1 N–H and O–H groups in total. The average Bonchev–Trinajstić information content (AvgIpc) is 2.46. The zero-order valence-electron chi connectivity index (χ0n) is 11.7.